The Bertz CT molecular complexity index is 2350. The number of nitrogens with one attached hydrogen (secondary N) is 3. The number of guanidine groups is 1. The molecule has 5 rings (SSSR count). The number of fused-ring (bicyclic) bond motifs is 2. The molecule has 0 saturated carbocycles. The molecule has 0 fully saturated rings. The van der Waals surface area contributed by atoms with Crippen molar-refractivity contribution in [3.8, 4) is 22.6 Å². The van der Waals surface area contributed by atoms with E-state index in [4.69, 9.17) is 31.4 Å². The van der Waals surface area contributed by atoms with Gasteiger partial charge in [-0.1, -0.05) is 104 Å². The van der Waals surface area contributed by atoms with Crippen LogP contribution in [0.1, 0.15) is 57.4 Å². The molecule has 3 amide bonds. The number of nitrogens with zero attached hydrogens (tertiary/aromatic N) is 1. The summed E-state index contributed by atoms with van der Waals surface area (Å²) in [6.07, 6.45) is 4.17. The molecule has 0 bridgehead atoms. The van der Waals surface area contributed by atoms with E-state index >= 15 is 0 Å². The average Bonchev–Trinajstić information content (AvgIpc) is 3.29. The smallest absolute Gasteiger partial charge is 0.329 e. The van der Waals surface area contributed by atoms with Crippen LogP contribution in [-0.4, -0.2) is 74.1 Å². The lowest BCUT2D eigenvalue weighted by molar-refractivity contribution is -0.149. The number of ether oxygens (including phenoxy) is 3. The number of unbranched alkanes of at least 4 members (excludes halogenated alkanes) is 1. The van der Waals surface area contributed by atoms with Crippen molar-refractivity contribution in [3.63, 3.8) is 0 Å². The third-order valence-corrected chi connectivity index (χ3v) is 10.3. The van der Waals surface area contributed by atoms with Crippen molar-refractivity contribution in [2.24, 2.45) is 22.2 Å². The Balaban J connectivity index is 1.36. The number of benzene rings is 5. The van der Waals surface area contributed by atoms with E-state index in [1.165, 1.54) is 6.08 Å². The molecule has 5 aromatic carbocycles. The van der Waals surface area contributed by atoms with E-state index in [1.807, 2.05) is 110 Å². The van der Waals surface area contributed by atoms with Crippen LogP contribution in [0.3, 0.4) is 0 Å². The number of esters is 1. The fourth-order valence-electron chi connectivity index (χ4n) is 7.14. The van der Waals surface area contributed by atoms with Gasteiger partial charge in [-0.2, -0.15) is 0 Å². The summed E-state index contributed by atoms with van der Waals surface area (Å²) in [5, 5.41) is 12.2. The predicted molar refractivity (Wildman–Crippen MR) is 248 cm³/mol. The molecule has 0 unspecified atom stereocenters. The quantitative estimate of drug-likeness (QED) is 0.0136. The number of amides is 3. The van der Waals surface area contributed by atoms with E-state index in [1.54, 1.807) is 0 Å². The highest BCUT2D eigenvalue weighted by molar-refractivity contribution is 6.10. The molecule has 332 valence electrons. The third kappa shape index (κ3) is 13.8. The van der Waals surface area contributed by atoms with Crippen LogP contribution < -0.4 is 42.6 Å². The minimum absolute atomic E-state index is 0.00944. The van der Waals surface area contributed by atoms with Crippen LogP contribution in [0.4, 0.5) is 0 Å². The Kier molecular flexibility index (Phi) is 18.3. The van der Waals surface area contributed by atoms with E-state index in [9.17, 15) is 19.2 Å². The minimum Gasteiger partial charge on any atom is -0.493 e. The highest BCUT2D eigenvalue weighted by Crippen LogP contribution is 2.45. The first-order chi connectivity index (χ1) is 30.6. The first-order valence-electron chi connectivity index (χ1n) is 21.4. The number of rotatable bonds is 25. The normalized spacial score (nSPS) is 12.3. The van der Waals surface area contributed by atoms with Crippen LogP contribution in [0.15, 0.2) is 121 Å². The molecular formula is C49H59N7O7. The maximum Gasteiger partial charge on any atom is 0.329 e. The van der Waals surface area contributed by atoms with E-state index in [2.05, 4.69) is 27.5 Å². The highest BCUT2D eigenvalue weighted by atomic mass is 16.5. The van der Waals surface area contributed by atoms with E-state index in [0.29, 0.717) is 43.9 Å². The standard InChI is InChI=1S/C49H59N7O7/c1-3-15-40(48(60)63-31-33-16-6-5-7-17-33)56-47(59)39(23-14-29-53-49(51)52)55-46(58)38(22-12-13-28-50)54-43(57)32-62-42-27-25-35-19-9-11-21-37(35)45(42)44-36-20-10-8-18-34(36)24-26-41(44)61-30-4-2/h3,5-11,16-21,24-27,38-40H,1,4,12-15,22-23,28-32,50H2,2H3,(H,54,57)(H,55,58)(H,56,59)(H4,51,52,53)/t38-,39-,40+/m1/s1. The number of hydrogen-bond donors (Lipinski definition) is 6. The van der Waals surface area contributed by atoms with Crippen molar-refractivity contribution in [2.75, 3.05) is 26.3 Å². The minimum atomic E-state index is -1.13. The zero-order chi connectivity index (χ0) is 45.0. The second-order valence-electron chi connectivity index (χ2n) is 15.1. The zero-order valence-corrected chi connectivity index (χ0v) is 35.9. The van der Waals surface area contributed by atoms with Crippen LogP contribution in [0, 0.1) is 0 Å². The van der Waals surface area contributed by atoms with Gasteiger partial charge in [-0.3, -0.25) is 19.4 Å². The molecule has 0 saturated heterocycles. The van der Waals surface area contributed by atoms with Gasteiger partial charge in [0.05, 0.1) is 6.61 Å². The van der Waals surface area contributed by atoms with Crippen LogP contribution in [-0.2, 0) is 30.5 Å². The van der Waals surface area contributed by atoms with Crippen LogP contribution in [0.2, 0.25) is 0 Å². The van der Waals surface area contributed by atoms with Crippen molar-refractivity contribution in [2.45, 2.75) is 76.6 Å². The van der Waals surface area contributed by atoms with Crippen molar-refractivity contribution in [3.05, 3.63) is 121 Å². The largest absolute Gasteiger partial charge is 0.493 e. The van der Waals surface area contributed by atoms with Gasteiger partial charge in [-0.25, -0.2) is 4.79 Å². The Hall–Kier alpha value is -6.93. The SMILES string of the molecule is C=CC[C@H](NC(=O)[C@@H](CCCN=C(N)N)NC(=O)[C@@H](CCCCN)NC(=O)COc1ccc2ccccc2c1-c1c(OCCC)ccc2ccccc12)C(=O)OCc1ccccc1. The average molecular weight is 858 g/mol. The topological polar surface area (TPSA) is 222 Å². The lowest BCUT2D eigenvalue weighted by atomic mass is 9.92. The van der Waals surface area contributed by atoms with E-state index in [-0.39, 0.29) is 38.4 Å². The number of carbonyl (C=O) groups excluding carboxylic acids is 4. The lowest BCUT2D eigenvalue weighted by Gasteiger charge is -2.25. The molecule has 0 heterocycles. The molecule has 0 aromatic heterocycles. The van der Waals surface area contributed by atoms with Crippen LogP contribution in [0.5, 0.6) is 11.5 Å². The fraction of sp³-hybridized carbons (Fsp3) is 0.327. The summed E-state index contributed by atoms with van der Waals surface area (Å²) >= 11 is 0. The van der Waals surface area contributed by atoms with Crippen molar-refractivity contribution >= 4 is 51.2 Å². The molecule has 5 aromatic rings. The predicted octanol–water partition coefficient (Wildman–Crippen LogP) is 5.78. The Labute approximate surface area is 368 Å². The molecular weight excluding hydrogens is 799 g/mol. The summed E-state index contributed by atoms with van der Waals surface area (Å²) in [5.41, 5.74) is 19.2. The molecule has 0 radical (unpaired) electrons. The molecule has 0 aliphatic rings. The van der Waals surface area contributed by atoms with Gasteiger partial charge < -0.3 is 47.4 Å². The van der Waals surface area contributed by atoms with Crippen molar-refractivity contribution in [1.29, 1.82) is 0 Å². The molecule has 0 aliphatic heterocycles. The third-order valence-electron chi connectivity index (χ3n) is 10.3. The second kappa shape index (κ2) is 24.5. The summed E-state index contributed by atoms with van der Waals surface area (Å²) in [6, 6.07) is 29.6. The maximum absolute atomic E-state index is 14.1. The molecule has 14 heteroatoms. The Morgan fingerprint density at radius 3 is 1.87 bits per heavy atom. The summed E-state index contributed by atoms with van der Waals surface area (Å²) in [7, 11) is 0. The number of nitrogens with two attached hydrogens (primary N) is 3. The van der Waals surface area contributed by atoms with E-state index < -0.39 is 48.4 Å². The van der Waals surface area contributed by atoms with Gasteiger partial charge in [0, 0.05) is 17.7 Å². The van der Waals surface area contributed by atoms with Crippen molar-refractivity contribution < 1.29 is 33.4 Å². The van der Waals surface area contributed by atoms with Gasteiger partial charge >= 0.3 is 5.97 Å². The van der Waals surface area contributed by atoms with Crippen LogP contribution in [0.25, 0.3) is 32.7 Å². The lowest BCUT2D eigenvalue weighted by Crippen LogP contribution is -2.56. The van der Waals surface area contributed by atoms with Gasteiger partial charge in [-0.15, -0.1) is 6.58 Å². The number of carbonyl (C=O) groups is 4. The maximum atomic E-state index is 14.1. The van der Waals surface area contributed by atoms with Gasteiger partial charge in [0.15, 0.2) is 12.6 Å². The molecule has 3 atom stereocenters. The number of aliphatic imine (C=N–C) groups is 1. The molecule has 9 N–H and O–H groups in total. The first kappa shape index (κ1) is 47.1. The van der Waals surface area contributed by atoms with Gasteiger partial charge in [0.25, 0.3) is 5.91 Å². The Morgan fingerprint density at radius 2 is 1.27 bits per heavy atom. The summed E-state index contributed by atoms with van der Waals surface area (Å²) in [4.78, 5) is 58.9. The monoisotopic (exact) mass is 857 g/mol. The summed E-state index contributed by atoms with van der Waals surface area (Å²) in [6.45, 7) is 6.45. The van der Waals surface area contributed by atoms with Gasteiger partial charge in [0.1, 0.15) is 36.2 Å². The van der Waals surface area contributed by atoms with Crippen molar-refractivity contribution in [1.82, 2.24) is 16.0 Å². The second-order valence-corrected chi connectivity index (χ2v) is 15.1. The molecule has 63 heavy (non-hydrogen) atoms. The van der Waals surface area contributed by atoms with Gasteiger partial charge in [0.2, 0.25) is 11.8 Å². The summed E-state index contributed by atoms with van der Waals surface area (Å²) in [5.74, 6) is -1.42. The highest BCUT2D eigenvalue weighted by Gasteiger charge is 2.30. The number of hydrogen-bond acceptors (Lipinski definition) is 9. The van der Waals surface area contributed by atoms with E-state index in [0.717, 1.165) is 44.7 Å². The van der Waals surface area contributed by atoms with Crippen LogP contribution >= 0.6 is 0 Å². The zero-order valence-electron chi connectivity index (χ0n) is 35.9. The van der Waals surface area contributed by atoms with Gasteiger partial charge in [-0.05, 0) is 90.7 Å². The summed E-state index contributed by atoms with van der Waals surface area (Å²) < 4.78 is 18.2. The first-order valence-corrected chi connectivity index (χ1v) is 21.4. The fourth-order valence-corrected chi connectivity index (χ4v) is 7.14. The molecule has 0 spiro atoms. The molecule has 0 aliphatic carbocycles. The molecule has 14 nitrogen and oxygen atoms in total. The Morgan fingerprint density at radius 1 is 0.698 bits per heavy atom.